The Balaban J connectivity index is 1.33. The Morgan fingerprint density at radius 2 is 1.89 bits per heavy atom. The number of rotatable bonds is 4. The lowest BCUT2D eigenvalue weighted by molar-refractivity contribution is -0.136. The largest absolute Gasteiger partial charge is 0.489 e. The van der Waals surface area contributed by atoms with Crippen LogP contribution in [0.25, 0.3) is 0 Å². The summed E-state index contributed by atoms with van der Waals surface area (Å²) in [7, 11) is 2.10. The first-order chi connectivity index (χ1) is 18.5. The van der Waals surface area contributed by atoms with Gasteiger partial charge in [0.15, 0.2) is 0 Å². The summed E-state index contributed by atoms with van der Waals surface area (Å²) in [4.78, 5) is 39.4. The minimum atomic E-state index is 0.133. The molecular weight excluding hydrogens is 478 g/mol. The quantitative estimate of drug-likeness (QED) is 0.581. The second-order valence-electron chi connectivity index (χ2n) is 10.8. The standard InChI is InChI=1S/C30H39N5O3/c1-32-13-15-34(16-14-32)29(36)18-25-10-12-35-22-26(25)8-5-17-38-28-9-3-2-7-27(28)21-33(23-30(35)37)20-24-6-4-11-31-19-24/h2-9,11,19,25-26H,10,12-18,20-23H2,1H3/t25-,26-/m0/s1. The van der Waals surface area contributed by atoms with Crippen LogP contribution in [0, 0.1) is 11.8 Å². The van der Waals surface area contributed by atoms with E-state index in [1.54, 1.807) is 6.20 Å². The number of likely N-dealkylation sites (N-methyl/N-ethyl adjacent to an activating group) is 1. The molecule has 202 valence electrons. The zero-order valence-electron chi connectivity index (χ0n) is 22.4. The lowest BCUT2D eigenvalue weighted by Crippen LogP contribution is -2.50. The fourth-order valence-electron chi connectivity index (χ4n) is 5.73. The monoisotopic (exact) mass is 517 g/mol. The van der Waals surface area contributed by atoms with E-state index in [2.05, 4.69) is 40.0 Å². The number of piperazine rings is 1. The number of nitrogens with zero attached hydrogens (tertiary/aromatic N) is 5. The normalized spacial score (nSPS) is 23.6. The van der Waals surface area contributed by atoms with Crippen LogP contribution in [0.3, 0.4) is 0 Å². The summed E-state index contributed by atoms with van der Waals surface area (Å²) in [5.74, 6) is 1.58. The molecule has 8 nitrogen and oxygen atoms in total. The molecule has 3 aliphatic rings. The van der Waals surface area contributed by atoms with Crippen LogP contribution in [0.15, 0.2) is 60.9 Å². The molecule has 4 heterocycles. The summed E-state index contributed by atoms with van der Waals surface area (Å²) in [6, 6.07) is 12.0. The lowest BCUT2D eigenvalue weighted by atomic mass is 9.82. The second-order valence-corrected chi connectivity index (χ2v) is 10.8. The zero-order chi connectivity index (χ0) is 26.3. The summed E-state index contributed by atoms with van der Waals surface area (Å²) >= 11 is 0. The smallest absolute Gasteiger partial charge is 0.236 e. The van der Waals surface area contributed by atoms with Crippen LogP contribution in [0.5, 0.6) is 5.75 Å². The molecule has 38 heavy (non-hydrogen) atoms. The molecule has 2 fully saturated rings. The molecule has 2 saturated heterocycles. The highest BCUT2D eigenvalue weighted by molar-refractivity contribution is 5.79. The van der Waals surface area contributed by atoms with Crippen LogP contribution < -0.4 is 4.74 Å². The average Bonchev–Trinajstić information content (AvgIpc) is 2.93. The number of fused-ring (bicyclic) bond motifs is 3. The van der Waals surface area contributed by atoms with Gasteiger partial charge >= 0.3 is 0 Å². The number of pyridine rings is 1. The molecule has 1 aromatic heterocycles. The minimum Gasteiger partial charge on any atom is -0.489 e. The van der Waals surface area contributed by atoms with Crippen molar-refractivity contribution < 1.29 is 14.3 Å². The SMILES string of the molecule is CN1CCN(C(=O)C[C@@H]2CCN3C[C@@H]2C=CCOc2ccccc2CN(Cc2cccnc2)CC3=O)CC1. The van der Waals surface area contributed by atoms with Crippen molar-refractivity contribution in [2.45, 2.75) is 25.9 Å². The molecule has 0 spiro atoms. The number of amides is 2. The Kier molecular flexibility index (Phi) is 8.71. The van der Waals surface area contributed by atoms with Gasteiger partial charge in [-0.05, 0) is 43.0 Å². The van der Waals surface area contributed by atoms with Crippen LogP contribution in [0.1, 0.15) is 24.0 Å². The van der Waals surface area contributed by atoms with Gasteiger partial charge in [0, 0.05) is 76.7 Å². The van der Waals surface area contributed by atoms with Crippen LogP contribution >= 0.6 is 0 Å². The van der Waals surface area contributed by atoms with Crippen molar-refractivity contribution in [3.63, 3.8) is 0 Å². The average molecular weight is 518 g/mol. The van der Waals surface area contributed by atoms with Crippen molar-refractivity contribution in [3.05, 3.63) is 72.1 Å². The second kappa shape index (κ2) is 12.5. The summed E-state index contributed by atoms with van der Waals surface area (Å²) in [6.07, 6.45) is 9.24. The van der Waals surface area contributed by atoms with Crippen molar-refractivity contribution >= 4 is 11.8 Å². The maximum Gasteiger partial charge on any atom is 0.236 e. The van der Waals surface area contributed by atoms with Crippen LogP contribution in [0.4, 0.5) is 0 Å². The number of aromatic nitrogens is 1. The Bertz CT molecular complexity index is 1120. The van der Waals surface area contributed by atoms with Crippen LogP contribution in [-0.4, -0.2) is 95.9 Å². The summed E-state index contributed by atoms with van der Waals surface area (Å²) < 4.78 is 6.18. The van der Waals surface area contributed by atoms with Gasteiger partial charge < -0.3 is 19.4 Å². The molecule has 1 aromatic carbocycles. The molecule has 0 N–H and O–H groups in total. The van der Waals surface area contributed by atoms with Crippen LogP contribution in [-0.2, 0) is 22.7 Å². The summed E-state index contributed by atoms with van der Waals surface area (Å²) in [5.41, 5.74) is 2.13. The molecule has 3 aliphatic heterocycles. The van der Waals surface area contributed by atoms with Gasteiger partial charge in [0.05, 0.1) is 6.54 Å². The molecule has 0 saturated carbocycles. The molecule has 2 bridgehead atoms. The topological polar surface area (TPSA) is 69.2 Å². The van der Waals surface area contributed by atoms with Crippen molar-refractivity contribution in [2.24, 2.45) is 11.8 Å². The van der Waals surface area contributed by atoms with Crippen molar-refractivity contribution in [1.29, 1.82) is 0 Å². The molecule has 5 rings (SSSR count). The molecular formula is C30H39N5O3. The third-order valence-electron chi connectivity index (χ3n) is 8.02. The number of benzene rings is 1. The van der Waals surface area contributed by atoms with E-state index >= 15 is 0 Å². The summed E-state index contributed by atoms with van der Waals surface area (Å²) in [6.45, 7) is 6.81. The first kappa shape index (κ1) is 26.4. The van der Waals surface area contributed by atoms with Crippen molar-refractivity contribution in [2.75, 3.05) is 59.5 Å². The predicted octanol–water partition coefficient (Wildman–Crippen LogP) is 2.66. The zero-order valence-corrected chi connectivity index (χ0v) is 22.4. The number of carbonyl (C=O) groups is 2. The van der Waals surface area contributed by atoms with E-state index in [-0.39, 0.29) is 23.7 Å². The molecule has 2 amide bonds. The van der Waals surface area contributed by atoms with Gasteiger partial charge in [0.25, 0.3) is 0 Å². The highest BCUT2D eigenvalue weighted by Gasteiger charge is 2.33. The van der Waals surface area contributed by atoms with E-state index < -0.39 is 0 Å². The van der Waals surface area contributed by atoms with Gasteiger partial charge in [-0.3, -0.25) is 19.5 Å². The van der Waals surface area contributed by atoms with Crippen molar-refractivity contribution in [3.8, 4) is 5.75 Å². The van der Waals surface area contributed by atoms with Gasteiger partial charge in [-0.2, -0.15) is 0 Å². The number of piperidine rings is 1. The van der Waals surface area contributed by atoms with Gasteiger partial charge in [0.2, 0.25) is 11.8 Å². The number of para-hydroxylation sites is 1. The highest BCUT2D eigenvalue weighted by atomic mass is 16.5. The fraction of sp³-hybridized carbons (Fsp3) is 0.500. The number of hydrogen-bond acceptors (Lipinski definition) is 6. The molecule has 0 aliphatic carbocycles. The number of ether oxygens (including phenoxy) is 1. The van der Waals surface area contributed by atoms with E-state index in [0.29, 0.717) is 45.8 Å². The lowest BCUT2D eigenvalue weighted by Gasteiger charge is -2.39. The fourth-order valence-corrected chi connectivity index (χ4v) is 5.73. The molecule has 2 atom stereocenters. The number of carbonyl (C=O) groups excluding carboxylic acids is 2. The molecule has 8 heteroatoms. The molecule has 2 aromatic rings. The first-order valence-electron chi connectivity index (χ1n) is 13.8. The van der Waals surface area contributed by atoms with E-state index in [0.717, 1.165) is 49.5 Å². The van der Waals surface area contributed by atoms with Gasteiger partial charge in [-0.1, -0.05) is 36.4 Å². The Hall–Kier alpha value is -3.23. The third-order valence-corrected chi connectivity index (χ3v) is 8.02. The van der Waals surface area contributed by atoms with Crippen LogP contribution in [0.2, 0.25) is 0 Å². The van der Waals surface area contributed by atoms with E-state index in [9.17, 15) is 9.59 Å². The Morgan fingerprint density at radius 1 is 1.05 bits per heavy atom. The summed E-state index contributed by atoms with van der Waals surface area (Å²) in [5, 5.41) is 0. The van der Waals surface area contributed by atoms with Gasteiger partial charge in [0.1, 0.15) is 12.4 Å². The highest BCUT2D eigenvalue weighted by Crippen LogP contribution is 2.30. The van der Waals surface area contributed by atoms with Crippen molar-refractivity contribution in [1.82, 2.24) is 24.6 Å². The number of hydrogen-bond donors (Lipinski definition) is 0. The maximum atomic E-state index is 13.6. The van der Waals surface area contributed by atoms with E-state index in [1.807, 2.05) is 46.3 Å². The molecule has 0 radical (unpaired) electrons. The Morgan fingerprint density at radius 3 is 2.71 bits per heavy atom. The minimum absolute atomic E-state index is 0.133. The predicted molar refractivity (Wildman–Crippen MR) is 146 cm³/mol. The Labute approximate surface area is 225 Å². The maximum absolute atomic E-state index is 13.6. The van der Waals surface area contributed by atoms with Gasteiger partial charge in [-0.15, -0.1) is 0 Å². The third kappa shape index (κ3) is 6.79. The van der Waals surface area contributed by atoms with Gasteiger partial charge in [-0.25, -0.2) is 0 Å². The van der Waals surface area contributed by atoms with E-state index in [4.69, 9.17) is 4.74 Å². The molecule has 0 unspecified atom stereocenters. The first-order valence-corrected chi connectivity index (χ1v) is 13.8. The van der Waals surface area contributed by atoms with E-state index in [1.165, 1.54) is 0 Å².